The van der Waals surface area contributed by atoms with Gasteiger partial charge in [-0.1, -0.05) is 25.3 Å². The van der Waals surface area contributed by atoms with Gasteiger partial charge in [0, 0.05) is 0 Å². The Hall–Kier alpha value is -0.760. The largest absolute Gasteiger partial charge is 0.445 e. The van der Waals surface area contributed by atoms with Crippen LogP contribution < -0.4 is 0 Å². The highest BCUT2D eigenvalue weighted by Crippen LogP contribution is 2.25. The second-order valence-electron chi connectivity index (χ2n) is 4.07. The van der Waals surface area contributed by atoms with Gasteiger partial charge < -0.3 is 4.42 Å². The van der Waals surface area contributed by atoms with Crippen molar-refractivity contribution < 1.29 is 4.42 Å². The molecule has 1 heterocycles. The molecule has 1 saturated carbocycles. The van der Waals surface area contributed by atoms with Crippen LogP contribution in [0.3, 0.4) is 0 Å². The van der Waals surface area contributed by atoms with Crippen molar-refractivity contribution in [2.45, 2.75) is 38.0 Å². The zero-order chi connectivity index (χ0) is 10.5. The lowest BCUT2D eigenvalue weighted by atomic mass is 9.89. The number of rotatable bonds is 3. The van der Waals surface area contributed by atoms with Gasteiger partial charge in [-0.25, -0.2) is 4.98 Å². The van der Waals surface area contributed by atoms with Crippen LogP contribution in [0.2, 0.25) is 0 Å². The van der Waals surface area contributed by atoms with E-state index in [2.05, 4.69) is 11.1 Å². The van der Waals surface area contributed by atoms with Gasteiger partial charge >= 0.3 is 0 Å². The van der Waals surface area contributed by atoms with Crippen LogP contribution in [-0.2, 0) is 5.88 Å². The zero-order valence-corrected chi connectivity index (χ0v) is 9.54. The van der Waals surface area contributed by atoms with Gasteiger partial charge in [-0.3, -0.25) is 0 Å². The first-order valence-electron chi connectivity index (χ1n) is 5.57. The molecule has 0 aliphatic heterocycles. The molecule has 0 amide bonds. The molecule has 0 radical (unpaired) electrons. The molecule has 15 heavy (non-hydrogen) atoms. The molecule has 82 valence electrons. The van der Waals surface area contributed by atoms with Crippen LogP contribution in [0.25, 0.3) is 6.08 Å². The fraction of sp³-hybridized carbons (Fsp3) is 0.583. The van der Waals surface area contributed by atoms with Crippen molar-refractivity contribution >= 4 is 17.7 Å². The number of aromatic nitrogens is 1. The third kappa shape index (κ3) is 3.10. The number of allylic oxidation sites excluding steroid dienone is 1. The summed E-state index contributed by atoms with van der Waals surface area (Å²) in [4.78, 5) is 4.23. The average molecular weight is 226 g/mol. The molecule has 0 atom stereocenters. The molecule has 3 heteroatoms. The lowest BCUT2D eigenvalue weighted by Gasteiger charge is -2.17. The highest BCUT2D eigenvalue weighted by atomic mass is 35.5. The van der Waals surface area contributed by atoms with Crippen LogP contribution in [0.4, 0.5) is 0 Å². The summed E-state index contributed by atoms with van der Waals surface area (Å²) in [5, 5.41) is 0. The minimum Gasteiger partial charge on any atom is -0.445 e. The Morgan fingerprint density at radius 3 is 2.87 bits per heavy atom. The number of hydrogen-bond acceptors (Lipinski definition) is 2. The van der Waals surface area contributed by atoms with E-state index in [0.29, 0.717) is 17.7 Å². The summed E-state index contributed by atoms with van der Waals surface area (Å²) in [6, 6.07) is 0. The third-order valence-electron chi connectivity index (χ3n) is 2.87. The second-order valence-corrected chi connectivity index (χ2v) is 4.34. The van der Waals surface area contributed by atoms with E-state index < -0.39 is 0 Å². The van der Waals surface area contributed by atoms with Gasteiger partial charge in [0.15, 0.2) is 0 Å². The third-order valence-corrected chi connectivity index (χ3v) is 3.14. The molecule has 2 nitrogen and oxygen atoms in total. The van der Waals surface area contributed by atoms with Crippen molar-refractivity contribution in [3.8, 4) is 0 Å². The molecule has 1 aromatic heterocycles. The van der Waals surface area contributed by atoms with E-state index in [1.807, 2.05) is 6.08 Å². The molecule has 0 N–H and O–H groups in total. The molecule has 0 spiro atoms. The molecule has 1 aliphatic carbocycles. The Morgan fingerprint density at radius 2 is 2.20 bits per heavy atom. The molecule has 1 aromatic rings. The van der Waals surface area contributed by atoms with E-state index in [-0.39, 0.29) is 0 Å². The Morgan fingerprint density at radius 1 is 1.40 bits per heavy atom. The van der Waals surface area contributed by atoms with Crippen molar-refractivity contribution in [3.05, 3.63) is 23.9 Å². The zero-order valence-electron chi connectivity index (χ0n) is 8.79. The molecule has 0 aromatic carbocycles. The van der Waals surface area contributed by atoms with Crippen LogP contribution in [0.5, 0.6) is 0 Å². The van der Waals surface area contributed by atoms with Crippen LogP contribution in [0.1, 0.15) is 43.7 Å². The van der Waals surface area contributed by atoms with Gasteiger partial charge in [-0.2, -0.15) is 0 Å². The maximum absolute atomic E-state index is 5.64. The first-order valence-corrected chi connectivity index (χ1v) is 6.10. The summed E-state index contributed by atoms with van der Waals surface area (Å²) in [6.45, 7) is 0. The van der Waals surface area contributed by atoms with Gasteiger partial charge in [0.25, 0.3) is 0 Å². The fourth-order valence-corrected chi connectivity index (χ4v) is 2.13. The Labute approximate surface area is 95.3 Å². The predicted octanol–water partition coefficient (Wildman–Crippen LogP) is 4.01. The summed E-state index contributed by atoms with van der Waals surface area (Å²) in [5.41, 5.74) is 0.806. The summed E-state index contributed by atoms with van der Waals surface area (Å²) < 4.78 is 5.26. The van der Waals surface area contributed by atoms with Crippen LogP contribution in [0.15, 0.2) is 16.8 Å². The maximum Gasteiger partial charge on any atom is 0.218 e. The van der Waals surface area contributed by atoms with Crippen LogP contribution in [-0.4, -0.2) is 4.98 Å². The minimum absolute atomic E-state index is 0.417. The monoisotopic (exact) mass is 225 g/mol. The summed E-state index contributed by atoms with van der Waals surface area (Å²) in [6.07, 6.45) is 12.5. The van der Waals surface area contributed by atoms with Gasteiger partial charge in [-0.05, 0) is 24.8 Å². The first kappa shape index (κ1) is 10.7. The molecule has 0 saturated heterocycles. The molecular formula is C12H16ClNO. The lowest BCUT2D eigenvalue weighted by Crippen LogP contribution is -2.02. The standard InChI is InChI=1S/C12H16ClNO/c13-8-11-9-15-12(14-11)7-6-10-4-2-1-3-5-10/h6-7,9-10H,1-5,8H2. The van der Waals surface area contributed by atoms with E-state index >= 15 is 0 Å². The Balaban J connectivity index is 1.91. The normalized spacial score (nSPS) is 18.7. The van der Waals surface area contributed by atoms with Crippen molar-refractivity contribution in [1.29, 1.82) is 0 Å². The molecule has 1 fully saturated rings. The maximum atomic E-state index is 5.64. The van der Waals surface area contributed by atoms with Gasteiger partial charge in [-0.15, -0.1) is 11.6 Å². The fourth-order valence-electron chi connectivity index (χ4n) is 2.01. The van der Waals surface area contributed by atoms with Crippen LogP contribution >= 0.6 is 11.6 Å². The molecule has 0 bridgehead atoms. The number of oxazole rings is 1. The molecule has 0 unspecified atom stereocenters. The van der Waals surface area contributed by atoms with E-state index in [1.54, 1.807) is 6.26 Å². The highest BCUT2D eigenvalue weighted by Gasteiger charge is 2.10. The van der Waals surface area contributed by atoms with Crippen molar-refractivity contribution in [1.82, 2.24) is 4.98 Å². The topological polar surface area (TPSA) is 26.0 Å². The number of hydrogen-bond donors (Lipinski definition) is 0. The second kappa shape index (κ2) is 5.36. The summed E-state index contributed by atoms with van der Waals surface area (Å²) in [7, 11) is 0. The smallest absolute Gasteiger partial charge is 0.218 e. The van der Waals surface area contributed by atoms with E-state index in [4.69, 9.17) is 16.0 Å². The average Bonchev–Trinajstić information content (AvgIpc) is 2.76. The molecule has 2 rings (SSSR count). The summed E-state index contributed by atoms with van der Waals surface area (Å²) >= 11 is 5.64. The molecular weight excluding hydrogens is 210 g/mol. The Kier molecular flexibility index (Phi) is 3.84. The number of halogens is 1. The highest BCUT2D eigenvalue weighted by molar-refractivity contribution is 6.16. The predicted molar refractivity (Wildman–Crippen MR) is 61.7 cm³/mol. The van der Waals surface area contributed by atoms with Crippen molar-refractivity contribution in [3.63, 3.8) is 0 Å². The quantitative estimate of drug-likeness (QED) is 0.727. The lowest BCUT2D eigenvalue weighted by molar-refractivity contribution is 0.420. The van der Waals surface area contributed by atoms with Crippen molar-refractivity contribution in [2.24, 2.45) is 5.92 Å². The van der Waals surface area contributed by atoms with Gasteiger partial charge in [0.1, 0.15) is 6.26 Å². The van der Waals surface area contributed by atoms with Gasteiger partial charge in [0.05, 0.1) is 11.6 Å². The first-order chi connectivity index (χ1) is 7.38. The van der Waals surface area contributed by atoms with Gasteiger partial charge in [0.2, 0.25) is 5.89 Å². The van der Waals surface area contributed by atoms with E-state index in [9.17, 15) is 0 Å². The van der Waals surface area contributed by atoms with Crippen molar-refractivity contribution in [2.75, 3.05) is 0 Å². The molecule has 1 aliphatic rings. The summed E-state index contributed by atoms with van der Waals surface area (Å²) in [5.74, 6) is 1.81. The minimum atomic E-state index is 0.417. The van der Waals surface area contributed by atoms with Crippen LogP contribution in [0, 0.1) is 5.92 Å². The van der Waals surface area contributed by atoms with E-state index in [0.717, 1.165) is 5.69 Å². The number of alkyl halides is 1. The Bertz CT molecular complexity index is 326. The SMILES string of the molecule is ClCc1coc(C=CC2CCCCC2)n1. The number of nitrogens with zero attached hydrogens (tertiary/aromatic N) is 1. The van der Waals surface area contributed by atoms with E-state index in [1.165, 1.54) is 32.1 Å².